The summed E-state index contributed by atoms with van der Waals surface area (Å²) in [6.07, 6.45) is 8.82. The first-order chi connectivity index (χ1) is 14.4. The Labute approximate surface area is 182 Å². The highest BCUT2D eigenvalue weighted by atomic mass is 16.7. The van der Waals surface area contributed by atoms with Crippen molar-refractivity contribution in [3.05, 3.63) is 59.7 Å². The summed E-state index contributed by atoms with van der Waals surface area (Å²) < 4.78 is 10.6. The lowest BCUT2D eigenvalue weighted by atomic mass is 10.0. The summed E-state index contributed by atoms with van der Waals surface area (Å²) in [5.41, 5.74) is 2.53. The first-order valence-corrected chi connectivity index (χ1v) is 11.5. The van der Waals surface area contributed by atoms with Crippen molar-refractivity contribution in [3.63, 3.8) is 0 Å². The normalized spacial score (nSPS) is 11.1. The van der Waals surface area contributed by atoms with Crippen LogP contribution in [0.4, 0.5) is 4.79 Å². The van der Waals surface area contributed by atoms with Crippen LogP contribution in [0.1, 0.15) is 77.3 Å². The first-order valence-electron chi connectivity index (χ1n) is 11.5. The molecule has 0 saturated heterocycles. The van der Waals surface area contributed by atoms with E-state index in [9.17, 15) is 4.79 Å². The molecule has 0 spiro atoms. The Kier molecular flexibility index (Phi) is 10.5. The van der Waals surface area contributed by atoms with Crippen LogP contribution >= 0.6 is 0 Å². The molecule has 2 rings (SSSR count). The second kappa shape index (κ2) is 13.1. The minimum absolute atomic E-state index is 0.507. The van der Waals surface area contributed by atoms with E-state index in [1.54, 1.807) is 0 Å². The summed E-state index contributed by atoms with van der Waals surface area (Å²) in [7, 11) is 0. The van der Waals surface area contributed by atoms with Gasteiger partial charge >= 0.3 is 6.16 Å². The zero-order valence-corrected chi connectivity index (χ0v) is 19.2. The molecule has 0 atom stereocenters. The predicted octanol–water partition coefficient (Wildman–Crippen LogP) is 8.00. The van der Waals surface area contributed by atoms with E-state index < -0.39 is 6.16 Å². The Morgan fingerprint density at radius 1 is 0.633 bits per heavy atom. The highest BCUT2D eigenvalue weighted by Gasteiger charge is 2.08. The van der Waals surface area contributed by atoms with Crippen molar-refractivity contribution in [1.82, 2.24) is 0 Å². The average Bonchev–Trinajstić information content (AvgIpc) is 2.70. The maximum absolute atomic E-state index is 12.1. The van der Waals surface area contributed by atoms with E-state index in [-0.39, 0.29) is 0 Å². The van der Waals surface area contributed by atoms with Crippen LogP contribution in [-0.2, 0) is 12.8 Å². The molecule has 0 aliphatic carbocycles. The zero-order valence-electron chi connectivity index (χ0n) is 19.2. The van der Waals surface area contributed by atoms with Gasteiger partial charge in [-0.05, 0) is 72.9 Å². The number of carbonyl (C=O) groups is 1. The molecule has 0 aliphatic heterocycles. The van der Waals surface area contributed by atoms with Crippen LogP contribution in [0, 0.1) is 11.8 Å². The summed E-state index contributed by atoms with van der Waals surface area (Å²) in [6, 6.07) is 15.4. The minimum atomic E-state index is -0.704. The van der Waals surface area contributed by atoms with Gasteiger partial charge in [0.15, 0.2) is 0 Å². The Hall–Kier alpha value is -2.29. The maximum Gasteiger partial charge on any atom is 0.519 e. The second-order valence-corrected chi connectivity index (χ2v) is 9.02. The lowest BCUT2D eigenvalue weighted by Gasteiger charge is -2.08. The fraction of sp³-hybridized carbons (Fsp3) is 0.519. The third-order valence-electron chi connectivity index (χ3n) is 5.24. The van der Waals surface area contributed by atoms with E-state index in [0.717, 1.165) is 24.7 Å². The van der Waals surface area contributed by atoms with Crippen LogP contribution in [-0.4, -0.2) is 6.16 Å². The Balaban J connectivity index is 1.72. The monoisotopic (exact) mass is 410 g/mol. The van der Waals surface area contributed by atoms with Gasteiger partial charge < -0.3 is 9.47 Å². The second-order valence-electron chi connectivity index (χ2n) is 9.02. The summed E-state index contributed by atoms with van der Waals surface area (Å²) in [4.78, 5) is 12.1. The van der Waals surface area contributed by atoms with E-state index in [2.05, 4.69) is 27.7 Å². The van der Waals surface area contributed by atoms with E-state index in [1.807, 2.05) is 48.5 Å². The van der Waals surface area contributed by atoms with Crippen molar-refractivity contribution < 1.29 is 14.3 Å². The van der Waals surface area contributed by atoms with Crippen LogP contribution in [0.15, 0.2) is 48.5 Å². The number of rotatable bonds is 12. The van der Waals surface area contributed by atoms with Gasteiger partial charge in [-0.2, -0.15) is 0 Å². The zero-order chi connectivity index (χ0) is 21.8. The van der Waals surface area contributed by atoms with Crippen LogP contribution in [0.25, 0.3) is 0 Å². The molecule has 0 aliphatic rings. The highest BCUT2D eigenvalue weighted by Crippen LogP contribution is 2.18. The molecule has 0 N–H and O–H groups in total. The van der Waals surface area contributed by atoms with Crippen LogP contribution in [0.3, 0.4) is 0 Å². The van der Waals surface area contributed by atoms with Crippen LogP contribution in [0.2, 0.25) is 0 Å². The lowest BCUT2D eigenvalue weighted by molar-refractivity contribution is 0.152. The molecule has 3 heteroatoms. The molecular weight excluding hydrogens is 372 g/mol. The molecule has 0 saturated carbocycles. The van der Waals surface area contributed by atoms with Gasteiger partial charge in [0.1, 0.15) is 11.5 Å². The van der Waals surface area contributed by atoms with Gasteiger partial charge in [-0.15, -0.1) is 0 Å². The average molecular weight is 411 g/mol. The minimum Gasteiger partial charge on any atom is -0.395 e. The third-order valence-corrected chi connectivity index (χ3v) is 5.24. The third kappa shape index (κ3) is 9.96. The molecular formula is C27H38O3. The van der Waals surface area contributed by atoms with E-state index >= 15 is 0 Å². The molecule has 2 aromatic rings. The smallest absolute Gasteiger partial charge is 0.395 e. The number of carbonyl (C=O) groups excluding carboxylic acids is 1. The molecule has 30 heavy (non-hydrogen) atoms. The van der Waals surface area contributed by atoms with E-state index in [0.29, 0.717) is 11.5 Å². The van der Waals surface area contributed by atoms with Gasteiger partial charge in [0.2, 0.25) is 0 Å². The van der Waals surface area contributed by atoms with E-state index in [1.165, 1.54) is 49.7 Å². The van der Waals surface area contributed by atoms with Gasteiger partial charge in [0, 0.05) is 0 Å². The molecule has 0 radical (unpaired) electrons. The van der Waals surface area contributed by atoms with Crippen LogP contribution in [0.5, 0.6) is 11.5 Å². The quantitative estimate of drug-likeness (QED) is 0.202. The molecule has 164 valence electrons. The highest BCUT2D eigenvalue weighted by molar-refractivity contribution is 5.67. The molecule has 0 fully saturated rings. The summed E-state index contributed by atoms with van der Waals surface area (Å²) >= 11 is 0. The molecule has 0 bridgehead atoms. The molecule has 0 unspecified atom stereocenters. The Morgan fingerprint density at radius 3 is 1.33 bits per heavy atom. The van der Waals surface area contributed by atoms with Crippen molar-refractivity contribution in [2.75, 3.05) is 0 Å². The van der Waals surface area contributed by atoms with Crippen molar-refractivity contribution in [3.8, 4) is 11.5 Å². The molecule has 3 nitrogen and oxygen atoms in total. The standard InChI is InChI=1S/C27H38O3/c1-21(2)9-5-7-11-23-13-17-25(18-14-23)29-27(28)30-26-19-15-24(16-20-26)12-8-6-10-22(3)4/h13-22H,5-12H2,1-4H3. The van der Waals surface area contributed by atoms with Crippen molar-refractivity contribution in [1.29, 1.82) is 0 Å². The van der Waals surface area contributed by atoms with Crippen molar-refractivity contribution >= 4 is 6.16 Å². The molecule has 0 amide bonds. The SMILES string of the molecule is CC(C)CCCCc1ccc(OC(=O)Oc2ccc(CCCCC(C)C)cc2)cc1. The summed E-state index contributed by atoms with van der Waals surface area (Å²) in [5.74, 6) is 2.54. The Morgan fingerprint density at radius 2 is 1.00 bits per heavy atom. The Bertz CT molecular complexity index is 666. The number of benzene rings is 2. The van der Waals surface area contributed by atoms with Gasteiger partial charge in [0.25, 0.3) is 0 Å². The molecule has 2 aromatic carbocycles. The number of ether oxygens (including phenoxy) is 2. The number of aryl methyl sites for hydroxylation is 2. The molecule has 0 heterocycles. The molecule has 0 aromatic heterocycles. The summed E-state index contributed by atoms with van der Waals surface area (Å²) in [5, 5.41) is 0. The number of hydrogen-bond donors (Lipinski definition) is 0. The van der Waals surface area contributed by atoms with Crippen molar-refractivity contribution in [2.24, 2.45) is 11.8 Å². The predicted molar refractivity (Wildman–Crippen MR) is 124 cm³/mol. The van der Waals surface area contributed by atoms with Gasteiger partial charge in [-0.1, -0.05) is 77.6 Å². The van der Waals surface area contributed by atoms with Gasteiger partial charge in [-0.3, -0.25) is 0 Å². The first kappa shape index (κ1) is 24.0. The fourth-order valence-electron chi connectivity index (χ4n) is 3.43. The van der Waals surface area contributed by atoms with Gasteiger partial charge in [-0.25, -0.2) is 4.79 Å². The summed E-state index contributed by atoms with van der Waals surface area (Å²) in [6.45, 7) is 9.03. The maximum atomic E-state index is 12.1. The topological polar surface area (TPSA) is 35.5 Å². The van der Waals surface area contributed by atoms with E-state index in [4.69, 9.17) is 9.47 Å². The number of unbranched alkanes of at least 4 members (excludes halogenated alkanes) is 2. The van der Waals surface area contributed by atoms with Crippen LogP contribution < -0.4 is 9.47 Å². The number of hydrogen-bond acceptors (Lipinski definition) is 3. The lowest BCUT2D eigenvalue weighted by Crippen LogP contribution is -2.13. The fourth-order valence-corrected chi connectivity index (χ4v) is 3.43. The largest absolute Gasteiger partial charge is 0.519 e. The van der Waals surface area contributed by atoms with Gasteiger partial charge in [0.05, 0.1) is 0 Å². The van der Waals surface area contributed by atoms with Crippen molar-refractivity contribution in [2.45, 2.75) is 79.1 Å².